The molecule has 4 heteroatoms. The van der Waals surface area contributed by atoms with Crippen molar-refractivity contribution in [3.05, 3.63) is 0 Å². The SMILES string of the molecule is CC(C)NC1CCN(C(=O)OC(C)C)CC1. The lowest BCUT2D eigenvalue weighted by Gasteiger charge is -2.33. The lowest BCUT2D eigenvalue weighted by molar-refractivity contribution is 0.0675. The van der Waals surface area contributed by atoms with Crippen molar-refractivity contribution in [1.82, 2.24) is 10.2 Å². The van der Waals surface area contributed by atoms with Gasteiger partial charge in [-0.25, -0.2) is 4.79 Å². The molecule has 4 nitrogen and oxygen atoms in total. The van der Waals surface area contributed by atoms with Crippen LogP contribution in [0.2, 0.25) is 0 Å². The molecule has 1 amide bonds. The number of nitrogens with one attached hydrogen (secondary N) is 1. The van der Waals surface area contributed by atoms with Crippen LogP contribution < -0.4 is 5.32 Å². The number of ether oxygens (including phenoxy) is 1. The fraction of sp³-hybridized carbons (Fsp3) is 0.917. The summed E-state index contributed by atoms with van der Waals surface area (Å²) in [6.07, 6.45) is 1.84. The quantitative estimate of drug-likeness (QED) is 0.803. The monoisotopic (exact) mass is 228 g/mol. The summed E-state index contributed by atoms with van der Waals surface area (Å²) in [6, 6.07) is 1.06. The van der Waals surface area contributed by atoms with Gasteiger partial charge >= 0.3 is 6.09 Å². The van der Waals surface area contributed by atoms with E-state index >= 15 is 0 Å². The molecule has 16 heavy (non-hydrogen) atoms. The average molecular weight is 228 g/mol. The van der Waals surface area contributed by atoms with Gasteiger partial charge in [0.1, 0.15) is 0 Å². The number of carbonyl (C=O) groups is 1. The third kappa shape index (κ3) is 4.39. The molecule has 1 heterocycles. The Hall–Kier alpha value is -0.770. The Morgan fingerprint density at radius 1 is 1.25 bits per heavy atom. The molecule has 0 aromatic heterocycles. The highest BCUT2D eigenvalue weighted by molar-refractivity contribution is 5.67. The summed E-state index contributed by atoms with van der Waals surface area (Å²) in [5.41, 5.74) is 0. The van der Waals surface area contributed by atoms with Crippen molar-refractivity contribution in [2.75, 3.05) is 13.1 Å². The van der Waals surface area contributed by atoms with E-state index in [1.807, 2.05) is 13.8 Å². The minimum Gasteiger partial charge on any atom is -0.447 e. The molecule has 94 valence electrons. The second kappa shape index (κ2) is 6.09. The van der Waals surface area contributed by atoms with Gasteiger partial charge in [0.15, 0.2) is 0 Å². The summed E-state index contributed by atoms with van der Waals surface area (Å²) >= 11 is 0. The molecule has 0 unspecified atom stereocenters. The van der Waals surface area contributed by atoms with Crippen LogP contribution in [0.4, 0.5) is 4.79 Å². The Morgan fingerprint density at radius 3 is 2.25 bits per heavy atom. The van der Waals surface area contributed by atoms with Gasteiger partial charge < -0.3 is 15.0 Å². The van der Waals surface area contributed by atoms with Crippen LogP contribution in [0.15, 0.2) is 0 Å². The van der Waals surface area contributed by atoms with Crippen LogP contribution in [-0.4, -0.2) is 42.3 Å². The summed E-state index contributed by atoms with van der Waals surface area (Å²) < 4.78 is 5.17. The van der Waals surface area contributed by atoms with Gasteiger partial charge in [-0.2, -0.15) is 0 Å². The van der Waals surface area contributed by atoms with Gasteiger partial charge in [-0.1, -0.05) is 13.8 Å². The number of nitrogens with zero attached hydrogens (tertiary/aromatic N) is 1. The van der Waals surface area contributed by atoms with Gasteiger partial charge in [0, 0.05) is 25.2 Å². The number of piperidine rings is 1. The van der Waals surface area contributed by atoms with Crippen LogP contribution in [-0.2, 0) is 4.74 Å². The Labute approximate surface area is 98.3 Å². The molecule has 1 aliphatic heterocycles. The molecular weight excluding hydrogens is 204 g/mol. The summed E-state index contributed by atoms with van der Waals surface area (Å²) in [7, 11) is 0. The highest BCUT2D eigenvalue weighted by Gasteiger charge is 2.24. The summed E-state index contributed by atoms with van der Waals surface area (Å²) in [5, 5.41) is 3.50. The largest absolute Gasteiger partial charge is 0.447 e. The number of carbonyl (C=O) groups excluding carboxylic acids is 1. The van der Waals surface area contributed by atoms with E-state index < -0.39 is 0 Å². The first-order valence-corrected chi connectivity index (χ1v) is 6.20. The molecule has 0 aromatic carbocycles. The molecule has 1 rings (SSSR count). The molecule has 1 saturated heterocycles. The van der Waals surface area contributed by atoms with Crippen LogP contribution in [0, 0.1) is 0 Å². The molecule has 0 atom stereocenters. The number of rotatable bonds is 3. The van der Waals surface area contributed by atoms with Crippen LogP contribution in [0.5, 0.6) is 0 Å². The average Bonchev–Trinajstić information content (AvgIpc) is 2.16. The molecule has 0 aliphatic carbocycles. The first kappa shape index (κ1) is 13.3. The van der Waals surface area contributed by atoms with Crippen molar-refractivity contribution in [3.8, 4) is 0 Å². The van der Waals surface area contributed by atoms with E-state index in [1.165, 1.54) is 0 Å². The van der Waals surface area contributed by atoms with E-state index in [1.54, 1.807) is 4.90 Å². The maximum Gasteiger partial charge on any atom is 0.410 e. The summed E-state index contributed by atoms with van der Waals surface area (Å²) in [6.45, 7) is 9.67. The minimum absolute atomic E-state index is 0.0287. The predicted octanol–water partition coefficient (Wildman–Crippen LogP) is 1.99. The number of likely N-dealkylation sites (tertiary alicyclic amines) is 1. The molecule has 1 aliphatic rings. The molecular formula is C12H24N2O2. The van der Waals surface area contributed by atoms with Crippen LogP contribution in [0.1, 0.15) is 40.5 Å². The fourth-order valence-electron chi connectivity index (χ4n) is 1.98. The van der Waals surface area contributed by atoms with E-state index in [-0.39, 0.29) is 12.2 Å². The topological polar surface area (TPSA) is 41.6 Å². The molecule has 0 bridgehead atoms. The van der Waals surface area contributed by atoms with Crippen LogP contribution in [0.3, 0.4) is 0 Å². The van der Waals surface area contributed by atoms with Gasteiger partial charge in [0.25, 0.3) is 0 Å². The van der Waals surface area contributed by atoms with Crippen molar-refractivity contribution in [2.45, 2.75) is 58.7 Å². The van der Waals surface area contributed by atoms with Crippen LogP contribution in [0.25, 0.3) is 0 Å². The first-order chi connectivity index (χ1) is 7.49. The van der Waals surface area contributed by atoms with Crippen molar-refractivity contribution in [3.63, 3.8) is 0 Å². The highest BCUT2D eigenvalue weighted by Crippen LogP contribution is 2.12. The predicted molar refractivity (Wildman–Crippen MR) is 64.5 cm³/mol. The Morgan fingerprint density at radius 2 is 1.81 bits per heavy atom. The smallest absolute Gasteiger partial charge is 0.410 e. The minimum atomic E-state index is -0.169. The van der Waals surface area contributed by atoms with E-state index in [2.05, 4.69) is 19.2 Å². The third-order valence-corrected chi connectivity index (χ3v) is 2.66. The number of hydrogen-bond acceptors (Lipinski definition) is 3. The summed E-state index contributed by atoms with van der Waals surface area (Å²) in [5.74, 6) is 0. The standard InChI is InChI=1S/C12H24N2O2/c1-9(2)13-11-5-7-14(8-6-11)12(15)16-10(3)4/h9-11,13H,5-8H2,1-4H3. The zero-order valence-corrected chi connectivity index (χ0v) is 10.8. The second-order valence-electron chi connectivity index (χ2n) is 5.02. The van der Waals surface area contributed by atoms with Gasteiger partial charge in [0.2, 0.25) is 0 Å². The molecule has 0 aromatic rings. The zero-order valence-electron chi connectivity index (χ0n) is 10.8. The van der Waals surface area contributed by atoms with Crippen molar-refractivity contribution in [2.24, 2.45) is 0 Å². The lowest BCUT2D eigenvalue weighted by Crippen LogP contribution is -2.47. The van der Waals surface area contributed by atoms with Gasteiger partial charge in [-0.3, -0.25) is 0 Å². The Bertz CT molecular complexity index is 221. The van der Waals surface area contributed by atoms with Crippen molar-refractivity contribution < 1.29 is 9.53 Å². The zero-order chi connectivity index (χ0) is 12.1. The fourth-order valence-corrected chi connectivity index (χ4v) is 1.98. The second-order valence-corrected chi connectivity index (χ2v) is 5.02. The van der Waals surface area contributed by atoms with Gasteiger partial charge in [0.05, 0.1) is 6.10 Å². The van der Waals surface area contributed by atoms with Crippen LogP contribution >= 0.6 is 0 Å². The van der Waals surface area contributed by atoms with Crippen molar-refractivity contribution >= 4 is 6.09 Å². The van der Waals surface area contributed by atoms with E-state index in [0.29, 0.717) is 12.1 Å². The third-order valence-electron chi connectivity index (χ3n) is 2.66. The van der Waals surface area contributed by atoms with E-state index in [0.717, 1.165) is 25.9 Å². The van der Waals surface area contributed by atoms with E-state index in [9.17, 15) is 4.79 Å². The maximum atomic E-state index is 11.6. The molecule has 1 fully saturated rings. The van der Waals surface area contributed by atoms with Crippen molar-refractivity contribution in [1.29, 1.82) is 0 Å². The van der Waals surface area contributed by atoms with E-state index in [4.69, 9.17) is 4.74 Å². The Balaban J connectivity index is 2.28. The molecule has 0 spiro atoms. The number of hydrogen-bond donors (Lipinski definition) is 1. The normalized spacial score (nSPS) is 18.2. The number of amides is 1. The molecule has 0 radical (unpaired) electrons. The van der Waals surface area contributed by atoms with Gasteiger partial charge in [-0.15, -0.1) is 0 Å². The Kier molecular flexibility index (Phi) is 5.06. The maximum absolute atomic E-state index is 11.6. The summed E-state index contributed by atoms with van der Waals surface area (Å²) in [4.78, 5) is 13.4. The highest BCUT2D eigenvalue weighted by atomic mass is 16.6. The van der Waals surface area contributed by atoms with Gasteiger partial charge in [-0.05, 0) is 26.7 Å². The lowest BCUT2D eigenvalue weighted by atomic mass is 10.0. The molecule has 0 saturated carbocycles. The molecule has 1 N–H and O–H groups in total. The first-order valence-electron chi connectivity index (χ1n) is 6.20.